The van der Waals surface area contributed by atoms with E-state index in [0.717, 1.165) is 68.1 Å². The number of aliphatic carboxylic acids is 1. The maximum absolute atomic E-state index is 12.3. The highest BCUT2D eigenvalue weighted by Crippen LogP contribution is 2.74. The van der Waals surface area contributed by atoms with Crippen molar-refractivity contribution in [2.45, 2.75) is 112 Å². The average Bonchev–Trinajstić information content (AvgIpc) is 3.06. The summed E-state index contributed by atoms with van der Waals surface area (Å²) in [5.41, 5.74) is 5.10. The molecule has 8 nitrogen and oxygen atoms in total. The van der Waals surface area contributed by atoms with Crippen molar-refractivity contribution in [3.63, 3.8) is 0 Å². The van der Waals surface area contributed by atoms with E-state index in [-0.39, 0.29) is 38.9 Å². The highest BCUT2D eigenvalue weighted by atomic mass is 16.5. The van der Waals surface area contributed by atoms with Crippen LogP contribution >= 0.6 is 0 Å². The molecule has 0 bridgehead atoms. The van der Waals surface area contributed by atoms with E-state index in [9.17, 15) is 30.0 Å². The Hall–Kier alpha value is -4.20. The van der Waals surface area contributed by atoms with E-state index in [1.807, 2.05) is 39.8 Å². The van der Waals surface area contributed by atoms with Gasteiger partial charge in [0.2, 0.25) is 0 Å². The predicted molar refractivity (Wildman–Crippen MR) is 199 cm³/mol. The first-order valence-corrected chi connectivity index (χ1v) is 18.3. The van der Waals surface area contributed by atoms with Gasteiger partial charge in [0.25, 0.3) is 0 Å². The van der Waals surface area contributed by atoms with E-state index in [1.54, 1.807) is 6.07 Å². The second kappa shape index (κ2) is 12.5. The number of benzene rings is 2. The number of rotatable bonds is 4. The Labute approximate surface area is 300 Å². The minimum absolute atomic E-state index is 0.00431. The maximum Gasteiger partial charge on any atom is 0.336 e. The van der Waals surface area contributed by atoms with Gasteiger partial charge < -0.3 is 29.6 Å². The molecule has 8 heteroatoms. The molecule has 0 amide bonds. The van der Waals surface area contributed by atoms with Crippen LogP contribution in [0.15, 0.2) is 62.8 Å². The normalized spacial score (nSPS) is 32.2. The SMILES string of the molecule is CC(C)=CCOc1cc2oc(=O)ccc2cc1O.Cc1c(O)c(O)cc2c1CC=C1C2(C)CCC2(C)C3CC(C)(C(=O)O)CCC3(C)CCC12C. The van der Waals surface area contributed by atoms with E-state index in [4.69, 9.17) is 9.15 Å². The lowest BCUT2D eigenvalue weighted by atomic mass is 9.34. The fourth-order valence-corrected chi connectivity index (χ4v) is 10.4. The summed E-state index contributed by atoms with van der Waals surface area (Å²) >= 11 is 0. The van der Waals surface area contributed by atoms with Crippen LogP contribution in [0, 0.1) is 34.5 Å². The van der Waals surface area contributed by atoms with Crippen molar-refractivity contribution in [2.24, 2.45) is 27.6 Å². The number of ether oxygens (including phenoxy) is 1. The Morgan fingerprint density at radius 2 is 1.65 bits per heavy atom. The minimum atomic E-state index is -0.641. The minimum Gasteiger partial charge on any atom is -0.504 e. The predicted octanol–water partition coefficient (Wildman–Crippen LogP) is 9.49. The number of fused-ring (bicyclic) bond motifs is 8. The molecule has 0 saturated heterocycles. The van der Waals surface area contributed by atoms with Gasteiger partial charge in [0, 0.05) is 22.9 Å². The molecular formula is C43H54O8. The molecule has 0 aliphatic heterocycles. The molecule has 4 aliphatic carbocycles. The van der Waals surface area contributed by atoms with Gasteiger partial charge in [-0.15, -0.1) is 0 Å². The average molecular weight is 699 g/mol. The first-order chi connectivity index (χ1) is 23.8. The van der Waals surface area contributed by atoms with Gasteiger partial charge in [-0.1, -0.05) is 44.9 Å². The lowest BCUT2D eigenvalue weighted by Crippen LogP contribution is -2.62. The van der Waals surface area contributed by atoms with Crippen molar-refractivity contribution in [1.82, 2.24) is 0 Å². The largest absolute Gasteiger partial charge is 0.504 e. The molecule has 1 aromatic heterocycles. The number of hydrogen-bond acceptors (Lipinski definition) is 7. The number of carboxylic acids is 1. The van der Waals surface area contributed by atoms with Crippen molar-refractivity contribution in [2.75, 3.05) is 6.61 Å². The topological polar surface area (TPSA) is 137 Å². The molecule has 3 aromatic rings. The van der Waals surface area contributed by atoms with Gasteiger partial charge >= 0.3 is 11.6 Å². The zero-order valence-electron chi connectivity index (χ0n) is 31.4. The van der Waals surface area contributed by atoms with Crippen LogP contribution in [0.2, 0.25) is 0 Å². The zero-order chi connectivity index (χ0) is 37.3. The molecule has 3 saturated carbocycles. The van der Waals surface area contributed by atoms with Crippen LogP contribution in [-0.4, -0.2) is 33.0 Å². The van der Waals surface area contributed by atoms with Gasteiger partial charge in [0.05, 0.1) is 5.41 Å². The molecule has 3 fully saturated rings. The van der Waals surface area contributed by atoms with Crippen LogP contribution in [0.1, 0.15) is 110 Å². The summed E-state index contributed by atoms with van der Waals surface area (Å²) in [4.78, 5) is 23.4. The number of carbonyl (C=O) groups is 1. The van der Waals surface area contributed by atoms with E-state index in [2.05, 4.69) is 33.8 Å². The Morgan fingerprint density at radius 1 is 0.941 bits per heavy atom. The summed E-state index contributed by atoms with van der Waals surface area (Å²) < 4.78 is 10.4. The second-order valence-corrected chi connectivity index (χ2v) is 17.3. The summed E-state index contributed by atoms with van der Waals surface area (Å²) in [7, 11) is 0. The lowest BCUT2D eigenvalue weighted by molar-refractivity contribution is -0.177. The van der Waals surface area contributed by atoms with Crippen LogP contribution in [0.5, 0.6) is 23.0 Å². The van der Waals surface area contributed by atoms with Gasteiger partial charge in [-0.3, -0.25) is 4.79 Å². The Bertz CT molecular complexity index is 2020. The third-order valence-electron chi connectivity index (χ3n) is 14.0. The molecule has 51 heavy (non-hydrogen) atoms. The van der Waals surface area contributed by atoms with Gasteiger partial charge in [0.1, 0.15) is 12.2 Å². The molecule has 0 radical (unpaired) electrons. The number of allylic oxidation sites excluding steroid dienone is 3. The van der Waals surface area contributed by atoms with Crippen LogP contribution in [0.3, 0.4) is 0 Å². The van der Waals surface area contributed by atoms with Crippen molar-refractivity contribution < 1.29 is 34.4 Å². The monoisotopic (exact) mass is 698 g/mol. The number of carboxylic acid groups (broad SMARTS) is 1. The third kappa shape index (κ3) is 5.83. The van der Waals surface area contributed by atoms with Crippen molar-refractivity contribution >= 4 is 16.9 Å². The van der Waals surface area contributed by atoms with Crippen LogP contribution in [-0.2, 0) is 16.6 Å². The van der Waals surface area contributed by atoms with Gasteiger partial charge in [-0.2, -0.15) is 0 Å². The highest BCUT2D eigenvalue weighted by molar-refractivity contribution is 5.80. The number of phenolic OH excluding ortho intramolecular Hbond substituents is 3. The summed E-state index contributed by atoms with van der Waals surface area (Å²) in [5.74, 6) is 0.0449. The lowest BCUT2D eigenvalue weighted by Gasteiger charge is -2.69. The van der Waals surface area contributed by atoms with E-state index >= 15 is 0 Å². The van der Waals surface area contributed by atoms with E-state index < -0.39 is 17.0 Å². The summed E-state index contributed by atoms with van der Waals surface area (Å²) in [6.45, 7) is 17.8. The van der Waals surface area contributed by atoms with Crippen molar-refractivity contribution in [3.05, 3.63) is 80.7 Å². The Morgan fingerprint density at radius 3 is 2.33 bits per heavy atom. The highest BCUT2D eigenvalue weighted by Gasteiger charge is 2.67. The first kappa shape index (κ1) is 36.6. The maximum atomic E-state index is 12.3. The number of hydrogen-bond donors (Lipinski definition) is 4. The number of aromatic hydroxyl groups is 3. The summed E-state index contributed by atoms with van der Waals surface area (Å²) in [5, 5.41) is 41.3. The molecule has 4 aliphatic rings. The molecule has 274 valence electrons. The molecule has 0 spiro atoms. The van der Waals surface area contributed by atoms with Crippen molar-refractivity contribution in [3.8, 4) is 23.0 Å². The fourth-order valence-electron chi connectivity index (χ4n) is 10.4. The zero-order valence-corrected chi connectivity index (χ0v) is 31.4. The fraction of sp³-hybridized carbons (Fsp3) is 0.535. The summed E-state index contributed by atoms with van der Waals surface area (Å²) in [6, 6.07) is 7.75. The molecule has 1 heterocycles. The van der Waals surface area contributed by atoms with Crippen LogP contribution < -0.4 is 10.4 Å². The molecule has 4 N–H and O–H groups in total. The van der Waals surface area contributed by atoms with Gasteiger partial charge in [0.15, 0.2) is 23.0 Å². The standard InChI is InChI=1S/C29H40O4.C14H14O4/c1-17-18-7-8-21-27(4,19(18)15-20(30)23(17)31)12-14-29(6)22-16-26(3,24(32)33)10-9-25(22,2)11-13-28(21,29)5;1-9(2)5-6-17-13-8-12-10(7-11(13)15)3-4-14(16)18-12/h8,15,22,30-31H,7,9-14,16H2,1-6H3,(H,32,33);3-5,7-8,15H,6H2,1-2H3. The molecule has 6 unspecified atom stereocenters. The van der Waals surface area contributed by atoms with E-state index in [0.29, 0.717) is 29.2 Å². The van der Waals surface area contributed by atoms with Gasteiger partial charge in [-0.25, -0.2) is 4.79 Å². The van der Waals surface area contributed by atoms with Crippen LogP contribution in [0.25, 0.3) is 11.0 Å². The van der Waals surface area contributed by atoms with E-state index in [1.165, 1.54) is 29.3 Å². The quantitative estimate of drug-likeness (QED) is 0.120. The summed E-state index contributed by atoms with van der Waals surface area (Å²) in [6.07, 6.45) is 11.9. The smallest absolute Gasteiger partial charge is 0.336 e. The van der Waals surface area contributed by atoms with Crippen LogP contribution in [0.4, 0.5) is 0 Å². The molecular weight excluding hydrogens is 644 g/mol. The first-order valence-electron chi connectivity index (χ1n) is 18.3. The third-order valence-corrected chi connectivity index (χ3v) is 14.0. The molecule has 2 aromatic carbocycles. The number of phenols is 3. The Balaban J connectivity index is 0.000000211. The molecule has 7 rings (SSSR count). The Kier molecular flexibility index (Phi) is 8.96. The second-order valence-electron chi connectivity index (χ2n) is 17.3. The van der Waals surface area contributed by atoms with Gasteiger partial charge in [-0.05, 0) is 142 Å². The molecule has 6 atom stereocenters. The van der Waals surface area contributed by atoms with Crippen molar-refractivity contribution in [1.29, 1.82) is 0 Å².